The van der Waals surface area contributed by atoms with Gasteiger partial charge in [0.25, 0.3) is 5.91 Å². The summed E-state index contributed by atoms with van der Waals surface area (Å²) in [5, 5.41) is 2.84. The molecule has 4 rings (SSSR count). The van der Waals surface area contributed by atoms with Gasteiger partial charge in [-0.05, 0) is 69.9 Å². The Morgan fingerprint density at radius 1 is 1.00 bits per heavy atom. The van der Waals surface area contributed by atoms with Crippen LogP contribution in [0.2, 0.25) is 0 Å². The SMILES string of the molecule is CC.Cc1c(NC(=O)c2ccc3c(c2)OCC3(C)C)cc(F)cc1B1OC(C)(C)C(C)(C)O1. The van der Waals surface area contributed by atoms with Gasteiger partial charge in [0.2, 0.25) is 0 Å². The normalized spacial score (nSPS) is 19.3. The van der Waals surface area contributed by atoms with Crippen LogP contribution in [-0.4, -0.2) is 30.8 Å². The Balaban J connectivity index is 0.00000149. The zero-order valence-corrected chi connectivity index (χ0v) is 21.2. The third-order valence-electron chi connectivity index (χ3n) is 6.73. The molecule has 1 fully saturated rings. The molecule has 0 aliphatic carbocycles. The van der Waals surface area contributed by atoms with Crippen molar-refractivity contribution < 1.29 is 23.2 Å². The summed E-state index contributed by atoms with van der Waals surface area (Å²) in [5.74, 6) is -0.0826. The van der Waals surface area contributed by atoms with Gasteiger partial charge < -0.3 is 19.4 Å². The summed E-state index contributed by atoms with van der Waals surface area (Å²) in [6, 6.07) is 8.15. The van der Waals surface area contributed by atoms with E-state index in [0.717, 1.165) is 5.56 Å². The zero-order chi connectivity index (χ0) is 24.8. The molecule has 2 heterocycles. The second-order valence-electron chi connectivity index (χ2n) is 10.1. The first-order valence-corrected chi connectivity index (χ1v) is 11.6. The fourth-order valence-corrected chi connectivity index (χ4v) is 3.92. The Bertz CT molecular complexity index is 1050. The number of halogens is 1. The van der Waals surface area contributed by atoms with E-state index in [1.807, 2.05) is 54.5 Å². The zero-order valence-electron chi connectivity index (χ0n) is 21.2. The summed E-state index contributed by atoms with van der Waals surface area (Å²) in [5.41, 5.74) is 2.01. The van der Waals surface area contributed by atoms with Crippen LogP contribution in [0.25, 0.3) is 0 Å². The van der Waals surface area contributed by atoms with E-state index in [1.165, 1.54) is 12.1 Å². The molecular formula is C26H35BFNO4. The Morgan fingerprint density at radius 3 is 2.21 bits per heavy atom. The van der Waals surface area contributed by atoms with E-state index >= 15 is 0 Å². The molecule has 5 nitrogen and oxygen atoms in total. The van der Waals surface area contributed by atoms with Crippen LogP contribution in [0.4, 0.5) is 10.1 Å². The number of rotatable bonds is 3. The number of anilines is 1. The number of hydrogen-bond donors (Lipinski definition) is 1. The van der Waals surface area contributed by atoms with Crippen molar-refractivity contribution in [2.75, 3.05) is 11.9 Å². The second kappa shape index (κ2) is 8.77. The van der Waals surface area contributed by atoms with Crippen molar-refractivity contribution in [2.45, 2.75) is 78.9 Å². The molecule has 33 heavy (non-hydrogen) atoms. The third-order valence-corrected chi connectivity index (χ3v) is 6.73. The maximum Gasteiger partial charge on any atom is 0.495 e. The lowest BCUT2D eigenvalue weighted by atomic mass is 9.75. The first-order valence-electron chi connectivity index (χ1n) is 11.6. The first kappa shape index (κ1) is 25.3. The van der Waals surface area contributed by atoms with Gasteiger partial charge in [0.15, 0.2) is 0 Å². The summed E-state index contributed by atoms with van der Waals surface area (Å²) >= 11 is 0. The van der Waals surface area contributed by atoms with Crippen LogP contribution in [0.1, 0.15) is 76.9 Å². The Kier molecular flexibility index (Phi) is 6.71. The second-order valence-corrected chi connectivity index (χ2v) is 10.1. The van der Waals surface area contributed by atoms with E-state index < -0.39 is 24.1 Å². The molecule has 1 saturated heterocycles. The number of amides is 1. The molecule has 2 aromatic carbocycles. The molecule has 178 valence electrons. The quantitative estimate of drug-likeness (QED) is 0.632. The lowest BCUT2D eigenvalue weighted by molar-refractivity contribution is 0.00578. The number of nitrogens with one attached hydrogen (secondary N) is 1. The Labute approximate surface area is 197 Å². The summed E-state index contributed by atoms with van der Waals surface area (Å²) in [7, 11) is -0.716. The van der Waals surface area contributed by atoms with Gasteiger partial charge in [0, 0.05) is 22.2 Å². The molecule has 0 spiro atoms. The van der Waals surface area contributed by atoms with E-state index in [2.05, 4.69) is 19.2 Å². The molecule has 1 amide bonds. The molecule has 2 aromatic rings. The highest BCUT2D eigenvalue weighted by molar-refractivity contribution is 6.62. The number of fused-ring (bicyclic) bond motifs is 1. The van der Waals surface area contributed by atoms with Gasteiger partial charge in [0.1, 0.15) is 11.6 Å². The van der Waals surface area contributed by atoms with Gasteiger partial charge in [-0.1, -0.05) is 33.8 Å². The van der Waals surface area contributed by atoms with Gasteiger partial charge in [-0.25, -0.2) is 4.39 Å². The van der Waals surface area contributed by atoms with Gasteiger partial charge >= 0.3 is 7.12 Å². The minimum absolute atomic E-state index is 0.0821. The van der Waals surface area contributed by atoms with Crippen LogP contribution in [0.15, 0.2) is 30.3 Å². The predicted molar refractivity (Wildman–Crippen MR) is 131 cm³/mol. The number of hydrogen-bond acceptors (Lipinski definition) is 4. The molecule has 7 heteroatoms. The molecule has 1 N–H and O–H groups in total. The Hall–Kier alpha value is -2.38. The van der Waals surface area contributed by atoms with Crippen molar-refractivity contribution in [3.63, 3.8) is 0 Å². The fourth-order valence-electron chi connectivity index (χ4n) is 3.92. The summed E-state index contributed by atoms with van der Waals surface area (Å²) in [6.45, 7) is 18.4. The van der Waals surface area contributed by atoms with E-state index in [-0.39, 0.29) is 11.3 Å². The Morgan fingerprint density at radius 2 is 1.61 bits per heavy atom. The summed E-state index contributed by atoms with van der Waals surface area (Å²) < 4.78 is 32.4. The fraction of sp³-hybridized carbons (Fsp3) is 0.500. The molecule has 0 aromatic heterocycles. The maximum absolute atomic E-state index is 14.5. The van der Waals surface area contributed by atoms with Crippen molar-refractivity contribution >= 4 is 24.2 Å². The number of ether oxygens (including phenoxy) is 1. The number of benzene rings is 2. The van der Waals surface area contributed by atoms with Crippen molar-refractivity contribution in [1.82, 2.24) is 0 Å². The smallest absolute Gasteiger partial charge is 0.492 e. The molecule has 2 aliphatic rings. The highest BCUT2D eigenvalue weighted by atomic mass is 19.1. The minimum Gasteiger partial charge on any atom is -0.492 e. The lowest BCUT2D eigenvalue weighted by Crippen LogP contribution is -2.41. The molecule has 0 radical (unpaired) electrons. The average Bonchev–Trinajstić information content (AvgIpc) is 3.16. The van der Waals surface area contributed by atoms with Crippen LogP contribution in [0.5, 0.6) is 5.75 Å². The van der Waals surface area contributed by atoms with Gasteiger partial charge in [-0.3, -0.25) is 4.79 Å². The van der Waals surface area contributed by atoms with E-state index in [0.29, 0.717) is 34.6 Å². The largest absolute Gasteiger partial charge is 0.495 e. The predicted octanol–water partition coefficient (Wildman–Crippen LogP) is 5.38. The molecular weight excluding hydrogens is 420 g/mol. The van der Waals surface area contributed by atoms with Crippen molar-refractivity contribution in [1.29, 1.82) is 0 Å². The highest BCUT2D eigenvalue weighted by Crippen LogP contribution is 2.39. The van der Waals surface area contributed by atoms with Gasteiger partial charge in [-0.2, -0.15) is 0 Å². The van der Waals surface area contributed by atoms with E-state index in [4.69, 9.17) is 14.0 Å². The van der Waals surface area contributed by atoms with Crippen LogP contribution < -0.4 is 15.5 Å². The van der Waals surface area contributed by atoms with Crippen LogP contribution in [-0.2, 0) is 14.7 Å². The third kappa shape index (κ3) is 4.66. The summed E-state index contributed by atoms with van der Waals surface area (Å²) in [6.07, 6.45) is 0. The molecule has 0 unspecified atom stereocenters. The summed E-state index contributed by atoms with van der Waals surface area (Å²) in [4.78, 5) is 12.9. The van der Waals surface area contributed by atoms with Crippen LogP contribution in [0.3, 0.4) is 0 Å². The number of carbonyl (C=O) groups excluding carboxylic acids is 1. The molecule has 0 bridgehead atoms. The lowest BCUT2D eigenvalue weighted by Gasteiger charge is -2.32. The van der Waals surface area contributed by atoms with E-state index in [1.54, 1.807) is 12.1 Å². The number of carbonyl (C=O) groups is 1. The maximum atomic E-state index is 14.5. The molecule has 2 aliphatic heterocycles. The van der Waals surface area contributed by atoms with Gasteiger partial charge in [0.05, 0.1) is 17.8 Å². The van der Waals surface area contributed by atoms with Crippen molar-refractivity contribution in [3.8, 4) is 5.75 Å². The topological polar surface area (TPSA) is 56.8 Å². The van der Waals surface area contributed by atoms with Crippen LogP contribution >= 0.6 is 0 Å². The van der Waals surface area contributed by atoms with Crippen LogP contribution in [0, 0.1) is 12.7 Å². The first-order chi connectivity index (χ1) is 15.3. The standard InChI is InChI=1S/C24H29BFNO4.C2H6/c1-14-18(25-30-23(4,5)24(6,7)31-25)11-16(26)12-19(14)27-21(28)15-8-9-17-20(10-15)29-13-22(17,2)3;1-2/h8-12H,13H2,1-7H3,(H,27,28);1-2H3. The van der Waals surface area contributed by atoms with Crippen molar-refractivity contribution in [2.24, 2.45) is 0 Å². The molecule has 0 atom stereocenters. The molecule has 0 saturated carbocycles. The van der Waals surface area contributed by atoms with E-state index in [9.17, 15) is 9.18 Å². The minimum atomic E-state index is -0.716. The monoisotopic (exact) mass is 455 g/mol. The van der Waals surface area contributed by atoms with Gasteiger partial charge in [-0.15, -0.1) is 0 Å². The van der Waals surface area contributed by atoms with Crippen molar-refractivity contribution in [3.05, 3.63) is 52.8 Å². The highest BCUT2D eigenvalue weighted by Gasteiger charge is 2.52. The average molecular weight is 455 g/mol.